The summed E-state index contributed by atoms with van der Waals surface area (Å²) in [5.41, 5.74) is 0.930. The molecule has 2 rings (SSSR count). The highest BCUT2D eigenvalue weighted by Gasteiger charge is 2.07. The zero-order valence-corrected chi connectivity index (χ0v) is 12.2. The van der Waals surface area contributed by atoms with Gasteiger partial charge < -0.3 is 19.4 Å². The molecule has 1 heterocycles. The van der Waals surface area contributed by atoms with Crippen LogP contribution in [0.2, 0.25) is 0 Å². The first-order chi connectivity index (χ1) is 9.78. The van der Waals surface area contributed by atoms with Gasteiger partial charge in [-0.1, -0.05) is 6.92 Å². The van der Waals surface area contributed by atoms with E-state index in [0.29, 0.717) is 6.54 Å². The molecule has 1 N–H and O–H groups in total. The van der Waals surface area contributed by atoms with Gasteiger partial charge in [0, 0.05) is 25.0 Å². The second-order valence-corrected chi connectivity index (χ2v) is 4.46. The molecule has 20 heavy (non-hydrogen) atoms. The van der Waals surface area contributed by atoms with Crippen LogP contribution in [0, 0.1) is 0 Å². The number of hydrogen-bond donors (Lipinski definition) is 1. The summed E-state index contributed by atoms with van der Waals surface area (Å²) in [5, 5.41) is 3.35. The van der Waals surface area contributed by atoms with Gasteiger partial charge in [-0.25, -0.2) is 4.98 Å². The van der Waals surface area contributed by atoms with E-state index in [-0.39, 0.29) is 0 Å². The molecule has 0 unspecified atom stereocenters. The molecule has 0 amide bonds. The van der Waals surface area contributed by atoms with Crippen LogP contribution in [0.3, 0.4) is 0 Å². The van der Waals surface area contributed by atoms with Gasteiger partial charge in [0.1, 0.15) is 17.3 Å². The van der Waals surface area contributed by atoms with Crippen molar-refractivity contribution in [2.45, 2.75) is 26.4 Å². The molecule has 0 spiro atoms. The number of aromatic nitrogens is 2. The summed E-state index contributed by atoms with van der Waals surface area (Å²) in [5.74, 6) is 2.56. The minimum atomic E-state index is 0.662. The Labute approximate surface area is 119 Å². The first-order valence-electron chi connectivity index (χ1n) is 6.74. The van der Waals surface area contributed by atoms with Crippen molar-refractivity contribution in [3.8, 4) is 11.5 Å². The van der Waals surface area contributed by atoms with Crippen LogP contribution in [0.4, 0.5) is 5.69 Å². The topological polar surface area (TPSA) is 48.3 Å². The van der Waals surface area contributed by atoms with Crippen molar-refractivity contribution < 1.29 is 9.47 Å². The van der Waals surface area contributed by atoms with Crippen LogP contribution < -0.4 is 14.8 Å². The summed E-state index contributed by atoms with van der Waals surface area (Å²) < 4.78 is 12.7. The summed E-state index contributed by atoms with van der Waals surface area (Å²) in [7, 11) is 3.29. The predicted molar refractivity (Wildman–Crippen MR) is 79.4 cm³/mol. The van der Waals surface area contributed by atoms with Gasteiger partial charge in [-0.2, -0.15) is 0 Å². The molecule has 0 bridgehead atoms. The maximum atomic E-state index is 5.37. The fourth-order valence-corrected chi connectivity index (χ4v) is 2.07. The average Bonchev–Trinajstić information content (AvgIpc) is 2.92. The maximum absolute atomic E-state index is 5.37. The molecule has 1 aromatic carbocycles. The number of methoxy groups -OCH3 is 2. The summed E-state index contributed by atoms with van der Waals surface area (Å²) in [4.78, 5) is 4.37. The third-order valence-electron chi connectivity index (χ3n) is 3.11. The van der Waals surface area contributed by atoms with Crippen LogP contribution in [0.1, 0.15) is 19.2 Å². The van der Waals surface area contributed by atoms with Gasteiger partial charge in [-0.05, 0) is 18.6 Å². The van der Waals surface area contributed by atoms with E-state index in [9.17, 15) is 0 Å². The van der Waals surface area contributed by atoms with Gasteiger partial charge in [0.15, 0.2) is 0 Å². The number of rotatable bonds is 7. The molecule has 0 aliphatic rings. The number of hydrogen-bond acceptors (Lipinski definition) is 4. The Hall–Kier alpha value is -2.17. The number of nitrogens with one attached hydrogen (secondary N) is 1. The number of nitrogens with zero attached hydrogens (tertiary/aromatic N) is 2. The van der Waals surface area contributed by atoms with Gasteiger partial charge in [0.05, 0.1) is 26.5 Å². The molecule has 0 aliphatic carbocycles. The first kappa shape index (κ1) is 14.2. The normalized spacial score (nSPS) is 10.3. The molecular formula is C15H21N3O2. The largest absolute Gasteiger partial charge is 0.497 e. The van der Waals surface area contributed by atoms with E-state index in [4.69, 9.17) is 9.47 Å². The lowest BCUT2D eigenvalue weighted by atomic mass is 10.2. The lowest BCUT2D eigenvalue weighted by Gasteiger charge is -2.13. The first-order valence-corrected chi connectivity index (χ1v) is 6.74. The Morgan fingerprint density at radius 2 is 2.10 bits per heavy atom. The van der Waals surface area contributed by atoms with Crippen LogP contribution in [-0.2, 0) is 13.1 Å². The molecule has 0 saturated carbocycles. The summed E-state index contributed by atoms with van der Waals surface area (Å²) >= 11 is 0. The van der Waals surface area contributed by atoms with Gasteiger partial charge in [0.25, 0.3) is 0 Å². The Kier molecular flexibility index (Phi) is 4.87. The lowest BCUT2D eigenvalue weighted by molar-refractivity contribution is 0.395. The van der Waals surface area contributed by atoms with Crippen molar-refractivity contribution in [1.29, 1.82) is 0 Å². The number of aryl methyl sites for hydroxylation is 1. The molecule has 0 radical (unpaired) electrons. The number of ether oxygens (including phenoxy) is 2. The molecule has 0 fully saturated rings. The van der Waals surface area contributed by atoms with Crippen molar-refractivity contribution in [3.05, 3.63) is 36.4 Å². The molecule has 5 nitrogen and oxygen atoms in total. The van der Waals surface area contributed by atoms with Gasteiger partial charge >= 0.3 is 0 Å². The molecule has 0 atom stereocenters. The number of benzene rings is 1. The fourth-order valence-electron chi connectivity index (χ4n) is 2.07. The van der Waals surface area contributed by atoms with Crippen LogP contribution in [0.5, 0.6) is 11.5 Å². The number of imidazole rings is 1. The molecule has 2 aromatic rings. The molecule has 108 valence electrons. The minimum absolute atomic E-state index is 0.662. The van der Waals surface area contributed by atoms with Crippen LogP contribution >= 0.6 is 0 Å². The van der Waals surface area contributed by atoms with Crippen molar-refractivity contribution in [3.63, 3.8) is 0 Å². The quantitative estimate of drug-likeness (QED) is 0.844. The zero-order valence-electron chi connectivity index (χ0n) is 12.2. The Morgan fingerprint density at radius 3 is 2.80 bits per heavy atom. The van der Waals surface area contributed by atoms with Crippen LogP contribution in [0.25, 0.3) is 0 Å². The molecule has 5 heteroatoms. The Morgan fingerprint density at radius 1 is 1.25 bits per heavy atom. The Balaban J connectivity index is 2.08. The van der Waals surface area contributed by atoms with Crippen molar-refractivity contribution in [2.75, 3.05) is 19.5 Å². The maximum Gasteiger partial charge on any atom is 0.145 e. The van der Waals surface area contributed by atoms with Gasteiger partial charge in [-0.15, -0.1) is 0 Å². The third kappa shape index (κ3) is 3.23. The standard InChI is InChI=1S/C15H21N3O2/c1-4-8-18-9-7-16-15(18)11-17-13-6-5-12(19-2)10-14(13)20-3/h5-7,9-10,17H,4,8,11H2,1-3H3. The highest BCUT2D eigenvalue weighted by atomic mass is 16.5. The average molecular weight is 275 g/mol. The van der Waals surface area contributed by atoms with E-state index in [1.807, 2.05) is 30.6 Å². The third-order valence-corrected chi connectivity index (χ3v) is 3.11. The second kappa shape index (κ2) is 6.84. The van der Waals surface area contributed by atoms with E-state index in [2.05, 4.69) is 21.8 Å². The summed E-state index contributed by atoms with van der Waals surface area (Å²) in [6, 6.07) is 5.72. The SMILES string of the molecule is CCCn1ccnc1CNc1ccc(OC)cc1OC. The van der Waals surface area contributed by atoms with E-state index < -0.39 is 0 Å². The molecule has 0 saturated heterocycles. The van der Waals surface area contributed by atoms with E-state index in [1.165, 1.54) is 0 Å². The van der Waals surface area contributed by atoms with E-state index >= 15 is 0 Å². The van der Waals surface area contributed by atoms with Crippen LogP contribution in [-0.4, -0.2) is 23.8 Å². The van der Waals surface area contributed by atoms with E-state index in [1.54, 1.807) is 14.2 Å². The monoisotopic (exact) mass is 275 g/mol. The zero-order chi connectivity index (χ0) is 14.4. The predicted octanol–water partition coefficient (Wildman–Crippen LogP) is 2.92. The summed E-state index contributed by atoms with van der Waals surface area (Å²) in [6.07, 6.45) is 4.93. The smallest absolute Gasteiger partial charge is 0.145 e. The Bertz CT molecular complexity index is 552. The molecular weight excluding hydrogens is 254 g/mol. The second-order valence-electron chi connectivity index (χ2n) is 4.46. The number of anilines is 1. The lowest BCUT2D eigenvalue weighted by Crippen LogP contribution is -2.09. The van der Waals surface area contributed by atoms with Crippen molar-refractivity contribution in [2.24, 2.45) is 0 Å². The van der Waals surface area contributed by atoms with E-state index in [0.717, 1.165) is 36.0 Å². The minimum Gasteiger partial charge on any atom is -0.497 e. The highest BCUT2D eigenvalue weighted by Crippen LogP contribution is 2.29. The van der Waals surface area contributed by atoms with Crippen molar-refractivity contribution in [1.82, 2.24) is 9.55 Å². The highest BCUT2D eigenvalue weighted by molar-refractivity contribution is 5.59. The summed E-state index contributed by atoms with van der Waals surface area (Å²) in [6.45, 7) is 3.80. The molecule has 1 aromatic heterocycles. The molecule has 0 aliphatic heterocycles. The van der Waals surface area contributed by atoms with Gasteiger partial charge in [0.2, 0.25) is 0 Å². The fraction of sp³-hybridized carbons (Fsp3) is 0.400. The van der Waals surface area contributed by atoms with Gasteiger partial charge in [-0.3, -0.25) is 0 Å². The van der Waals surface area contributed by atoms with Crippen LogP contribution in [0.15, 0.2) is 30.6 Å². The van der Waals surface area contributed by atoms with Crippen molar-refractivity contribution >= 4 is 5.69 Å².